The Bertz CT molecular complexity index is 195. The van der Waals surface area contributed by atoms with Crippen LogP contribution >= 0.6 is 0 Å². The van der Waals surface area contributed by atoms with E-state index in [1.54, 1.807) is 18.0 Å². The Labute approximate surface area is 91.8 Å². The molecule has 0 aromatic carbocycles. The summed E-state index contributed by atoms with van der Waals surface area (Å²) in [5, 5.41) is 8.59. The molecule has 0 aromatic rings. The lowest BCUT2D eigenvalue weighted by Crippen LogP contribution is -2.41. The molecule has 1 amide bonds. The summed E-state index contributed by atoms with van der Waals surface area (Å²) in [7, 11) is 1.75. The summed E-state index contributed by atoms with van der Waals surface area (Å²) in [6.45, 7) is 4.46. The Balaban J connectivity index is 3.72. The first-order valence-electron chi connectivity index (χ1n) is 5.35. The van der Waals surface area contributed by atoms with Crippen LogP contribution in [0.2, 0.25) is 0 Å². The van der Waals surface area contributed by atoms with Crippen molar-refractivity contribution in [2.24, 2.45) is 5.73 Å². The maximum Gasteiger partial charge on any atom is 0.239 e. The van der Waals surface area contributed by atoms with Crippen molar-refractivity contribution in [2.45, 2.75) is 31.7 Å². The molecule has 0 fully saturated rings. The lowest BCUT2D eigenvalue weighted by molar-refractivity contribution is -0.131. The molecule has 0 spiro atoms. The highest BCUT2D eigenvalue weighted by Gasteiger charge is 2.15. The van der Waals surface area contributed by atoms with Gasteiger partial charge in [-0.1, -0.05) is 6.08 Å². The highest BCUT2D eigenvalue weighted by Crippen LogP contribution is 2.00. The van der Waals surface area contributed by atoms with Gasteiger partial charge in [-0.25, -0.2) is 0 Å². The van der Waals surface area contributed by atoms with E-state index in [1.807, 2.05) is 0 Å². The number of amides is 1. The predicted molar refractivity (Wildman–Crippen MR) is 61.4 cm³/mol. The normalized spacial score (nSPS) is 12.2. The Kier molecular flexibility index (Phi) is 7.95. The second-order valence-corrected chi connectivity index (χ2v) is 3.67. The molecule has 0 radical (unpaired) electrons. The average molecular weight is 214 g/mol. The third kappa shape index (κ3) is 6.25. The standard InChI is InChI=1S/C11H22N2O2/c1-3-7-10(12)11(15)13(2)8-5-4-6-9-14/h3,10,14H,1,4-9,12H2,2H3. The fraction of sp³-hybridized carbons (Fsp3) is 0.727. The average Bonchev–Trinajstić information content (AvgIpc) is 2.23. The topological polar surface area (TPSA) is 66.6 Å². The van der Waals surface area contributed by atoms with Gasteiger partial charge in [0, 0.05) is 20.2 Å². The number of aliphatic hydroxyl groups is 1. The highest BCUT2D eigenvalue weighted by atomic mass is 16.2. The fourth-order valence-electron chi connectivity index (χ4n) is 1.31. The minimum Gasteiger partial charge on any atom is -0.396 e. The van der Waals surface area contributed by atoms with Gasteiger partial charge in [-0.15, -0.1) is 6.58 Å². The molecule has 0 saturated carbocycles. The van der Waals surface area contributed by atoms with E-state index in [0.717, 1.165) is 19.3 Å². The van der Waals surface area contributed by atoms with E-state index < -0.39 is 6.04 Å². The van der Waals surface area contributed by atoms with E-state index >= 15 is 0 Å². The Morgan fingerprint density at radius 1 is 1.53 bits per heavy atom. The van der Waals surface area contributed by atoms with E-state index in [9.17, 15) is 4.79 Å². The van der Waals surface area contributed by atoms with Crippen LogP contribution in [0.3, 0.4) is 0 Å². The van der Waals surface area contributed by atoms with Crippen LogP contribution in [-0.4, -0.2) is 42.2 Å². The van der Waals surface area contributed by atoms with Crippen molar-refractivity contribution in [3.8, 4) is 0 Å². The summed E-state index contributed by atoms with van der Waals surface area (Å²) in [6, 6.07) is -0.467. The first-order valence-corrected chi connectivity index (χ1v) is 5.35. The molecule has 0 aromatic heterocycles. The van der Waals surface area contributed by atoms with E-state index in [2.05, 4.69) is 6.58 Å². The van der Waals surface area contributed by atoms with Gasteiger partial charge >= 0.3 is 0 Å². The Morgan fingerprint density at radius 2 is 2.20 bits per heavy atom. The molecule has 0 heterocycles. The van der Waals surface area contributed by atoms with Crippen molar-refractivity contribution >= 4 is 5.91 Å². The third-order valence-electron chi connectivity index (χ3n) is 2.27. The zero-order valence-electron chi connectivity index (χ0n) is 9.48. The summed E-state index contributed by atoms with van der Waals surface area (Å²) in [4.78, 5) is 13.2. The van der Waals surface area contributed by atoms with E-state index in [0.29, 0.717) is 13.0 Å². The van der Waals surface area contributed by atoms with Gasteiger partial charge in [0.05, 0.1) is 6.04 Å². The van der Waals surface area contributed by atoms with E-state index in [4.69, 9.17) is 10.8 Å². The molecule has 4 nitrogen and oxygen atoms in total. The first-order chi connectivity index (χ1) is 7.13. The zero-order chi connectivity index (χ0) is 11.7. The maximum absolute atomic E-state index is 11.6. The number of hydrogen-bond acceptors (Lipinski definition) is 3. The van der Waals surface area contributed by atoms with Crippen LogP contribution in [0.5, 0.6) is 0 Å². The molecule has 0 aliphatic heterocycles. The molecule has 0 aliphatic carbocycles. The van der Waals surface area contributed by atoms with Crippen molar-refractivity contribution in [2.75, 3.05) is 20.2 Å². The van der Waals surface area contributed by atoms with Gasteiger partial charge in [0.2, 0.25) is 5.91 Å². The summed E-state index contributed by atoms with van der Waals surface area (Å²) in [5.74, 6) is -0.0427. The molecule has 1 unspecified atom stereocenters. The minimum absolute atomic E-state index is 0.0427. The SMILES string of the molecule is C=CCC(N)C(=O)N(C)CCCCCO. The molecule has 3 N–H and O–H groups in total. The van der Waals surface area contributed by atoms with Gasteiger partial charge in [-0.2, -0.15) is 0 Å². The molecular weight excluding hydrogens is 192 g/mol. The van der Waals surface area contributed by atoms with Crippen molar-refractivity contribution < 1.29 is 9.90 Å². The molecule has 4 heteroatoms. The number of carbonyl (C=O) groups is 1. The lowest BCUT2D eigenvalue weighted by atomic mass is 10.2. The van der Waals surface area contributed by atoms with Gasteiger partial charge in [-0.3, -0.25) is 4.79 Å². The van der Waals surface area contributed by atoms with Gasteiger partial charge < -0.3 is 15.7 Å². The van der Waals surface area contributed by atoms with Crippen molar-refractivity contribution in [3.63, 3.8) is 0 Å². The molecule has 0 bridgehead atoms. The molecule has 88 valence electrons. The quantitative estimate of drug-likeness (QED) is 0.457. The number of carbonyl (C=O) groups excluding carboxylic acids is 1. The summed E-state index contributed by atoms with van der Waals surface area (Å²) in [6.07, 6.45) is 4.80. The second kappa shape index (κ2) is 8.44. The van der Waals surface area contributed by atoms with Crippen molar-refractivity contribution in [3.05, 3.63) is 12.7 Å². The number of nitrogens with zero attached hydrogens (tertiary/aromatic N) is 1. The van der Waals surface area contributed by atoms with Crippen LogP contribution in [0.1, 0.15) is 25.7 Å². The molecule has 15 heavy (non-hydrogen) atoms. The fourth-order valence-corrected chi connectivity index (χ4v) is 1.31. The van der Waals surface area contributed by atoms with Crippen LogP contribution in [0.15, 0.2) is 12.7 Å². The number of rotatable bonds is 8. The number of unbranched alkanes of at least 4 members (excludes halogenated alkanes) is 2. The minimum atomic E-state index is -0.467. The summed E-state index contributed by atoms with van der Waals surface area (Å²) in [5.41, 5.74) is 5.66. The van der Waals surface area contributed by atoms with Crippen molar-refractivity contribution in [1.29, 1.82) is 0 Å². The van der Waals surface area contributed by atoms with Crippen LogP contribution in [-0.2, 0) is 4.79 Å². The molecular formula is C11H22N2O2. The first kappa shape index (κ1) is 14.1. The predicted octanol–water partition coefficient (Wildman–Crippen LogP) is 0.511. The smallest absolute Gasteiger partial charge is 0.239 e. The highest BCUT2D eigenvalue weighted by molar-refractivity contribution is 5.81. The number of hydrogen-bond donors (Lipinski definition) is 2. The van der Waals surface area contributed by atoms with E-state index in [1.165, 1.54) is 0 Å². The molecule has 0 aliphatic rings. The molecule has 0 saturated heterocycles. The zero-order valence-corrected chi connectivity index (χ0v) is 9.48. The van der Waals surface area contributed by atoms with Crippen LogP contribution in [0, 0.1) is 0 Å². The summed E-state index contributed by atoms with van der Waals surface area (Å²) >= 11 is 0. The number of nitrogens with two attached hydrogens (primary N) is 1. The van der Waals surface area contributed by atoms with Gasteiger partial charge in [0.1, 0.15) is 0 Å². The van der Waals surface area contributed by atoms with Crippen LogP contribution in [0.4, 0.5) is 0 Å². The molecule has 0 rings (SSSR count). The van der Waals surface area contributed by atoms with Crippen LogP contribution < -0.4 is 5.73 Å². The number of likely N-dealkylation sites (N-methyl/N-ethyl adjacent to an activating group) is 1. The monoisotopic (exact) mass is 214 g/mol. The molecule has 1 atom stereocenters. The maximum atomic E-state index is 11.6. The van der Waals surface area contributed by atoms with Gasteiger partial charge in [0.15, 0.2) is 0 Å². The summed E-state index contributed by atoms with van der Waals surface area (Å²) < 4.78 is 0. The van der Waals surface area contributed by atoms with Crippen LogP contribution in [0.25, 0.3) is 0 Å². The van der Waals surface area contributed by atoms with Gasteiger partial charge in [0.25, 0.3) is 0 Å². The lowest BCUT2D eigenvalue weighted by Gasteiger charge is -2.20. The van der Waals surface area contributed by atoms with Gasteiger partial charge in [-0.05, 0) is 25.7 Å². The Hall–Kier alpha value is -0.870. The third-order valence-corrected chi connectivity index (χ3v) is 2.27. The second-order valence-electron chi connectivity index (χ2n) is 3.67. The van der Waals surface area contributed by atoms with E-state index in [-0.39, 0.29) is 12.5 Å². The Morgan fingerprint density at radius 3 is 2.73 bits per heavy atom. The largest absolute Gasteiger partial charge is 0.396 e. The van der Waals surface area contributed by atoms with Crippen molar-refractivity contribution in [1.82, 2.24) is 4.90 Å². The number of aliphatic hydroxyl groups excluding tert-OH is 1.